The van der Waals surface area contributed by atoms with Gasteiger partial charge in [-0.2, -0.15) is 0 Å². The summed E-state index contributed by atoms with van der Waals surface area (Å²) in [5.41, 5.74) is 2.68. The van der Waals surface area contributed by atoms with Gasteiger partial charge in [0.2, 0.25) is 0 Å². The molecule has 110 valence electrons. The van der Waals surface area contributed by atoms with E-state index in [0.717, 1.165) is 16.3 Å². The summed E-state index contributed by atoms with van der Waals surface area (Å²) in [6, 6.07) is 9.05. The molecule has 21 heavy (non-hydrogen) atoms. The maximum atomic E-state index is 12.2. The van der Waals surface area contributed by atoms with Crippen LogP contribution in [0.3, 0.4) is 0 Å². The highest BCUT2D eigenvalue weighted by atomic mass is 35.5. The van der Waals surface area contributed by atoms with Gasteiger partial charge in [-0.05, 0) is 49.7 Å². The molecule has 5 heteroatoms. The molecule has 0 atom stereocenters. The third kappa shape index (κ3) is 4.22. The molecule has 0 fully saturated rings. The van der Waals surface area contributed by atoms with Crippen molar-refractivity contribution in [2.45, 2.75) is 18.9 Å². The van der Waals surface area contributed by atoms with E-state index in [2.05, 4.69) is 4.98 Å². The zero-order chi connectivity index (χ0) is 15.4. The minimum Gasteiger partial charge on any atom is -0.495 e. The van der Waals surface area contributed by atoms with Crippen molar-refractivity contribution < 1.29 is 9.53 Å². The number of methoxy groups -OCH3 is 1. The number of aromatic nitrogens is 1. The van der Waals surface area contributed by atoms with Gasteiger partial charge in [-0.15, -0.1) is 0 Å². The molecule has 1 heterocycles. The van der Waals surface area contributed by atoms with E-state index in [1.165, 1.54) is 11.8 Å². The van der Waals surface area contributed by atoms with E-state index in [1.807, 2.05) is 26.0 Å². The molecule has 2 rings (SSSR count). The third-order valence-corrected chi connectivity index (χ3v) is 4.11. The average molecular weight is 322 g/mol. The zero-order valence-electron chi connectivity index (χ0n) is 12.1. The minimum absolute atomic E-state index is 0.0190. The van der Waals surface area contributed by atoms with Gasteiger partial charge < -0.3 is 4.74 Å². The Labute approximate surface area is 133 Å². The molecule has 1 aromatic heterocycles. The number of carbonyl (C=O) groups is 1. The van der Waals surface area contributed by atoms with Crippen LogP contribution in [0.1, 0.15) is 21.6 Å². The highest BCUT2D eigenvalue weighted by Gasteiger charge is 2.10. The molecule has 0 amide bonds. The lowest BCUT2D eigenvalue weighted by molar-refractivity contribution is 0.102. The van der Waals surface area contributed by atoms with E-state index in [-0.39, 0.29) is 5.78 Å². The number of pyridine rings is 1. The van der Waals surface area contributed by atoms with Gasteiger partial charge in [-0.25, -0.2) is 4.98 Å². The Morgan fingerprint density at radius 2 is 2.05 bits per heavy atom. The number of aryl methyl sites for hydroxylation is 2. The Balaban J connectivity index is 2.06. The number of hydrogen-bond acceptors (Lipinski definition) is 4. The number of rotatable bonds is 5. The van der Waals surface area contributed by atoms with Crippen LogP contribution in [0.5, 0.6) is 5.75 Å². The van der Waals surface area contributed by atoms with Crippen LogP contribution in [0.2, 0.25) is 5.02 Å². The van der Waals surface area contributed by atoms with E-state index in [9.17, 15) is 4.79 Å². The number of carbonyl (C=O) groups excluding carboxylic acids is 1. The number of ether oxygens (including phenoxy) is 1. The molecule has 0 spiro atoms. The second-order valence-electron chi connectivity index (χ2n) is 4.69. The van der Waals surface area contributed by atoms with Gasteiger partial charge in [0.05, 0.1) is 22.9 Å². The number of nitrogens with zero attached hydrogens (tertiary/aromatic N) is 1. The van der Waals surface area contributed by atoms with Crippen molar-refractivity contribution in [2.24, 2.45) is 0 Å². The minimum atomic E-state index is 0.0190. The smallest absolute Gasteiger partial charge is 0.173 e. The van der Waals surface area contributed by atoms with Gasteiger partial charge in [-0.3, -0.25) is 4.79 Å². The summed E-state index contributed by atoms with van der Waals surface area (Å²) in [7, 11) is 1.55. The van der Waals surface area contributed by atoms with Crippen LogP contribution in [0.15, 0.2) is 35.4 Å². The Hall–Kier alpha value is -1.52. The van der Waals surface area contributed by atoms with Crippen molar-refractivity contribution in [1.29, 1.82) is 0 Å². The lowest BCUT2D eigenvalue weighted by Crippen LogP contribution is -2.03. The summed E-state index contributed by atoms with van der Waals surface area (Å²) in [6.45, 7) is 3.96. The predicted molar refractivity (Wildman–Crippen MR) is 86.8 cm³/mol. The second kappa shape index (κ2) is 6.96. The first-order chi connectivity index (χ1) is 9.99. The van der Waals surface area contributed by atoms with E-state index >= 15 is 0 Å². The summed E-state index contributed by atoms with van der Waals surface area (Å²) in [6.07, 6.45) is 0. The lowest BCUT2D eigenvalue weighted by Gasteiger charge is -2.06. The van der Waals surface area contributed by atoms with Gasteiger partial charge in [0.25, 0.3) is 0 Å². The van der Waals surface area contributed by atoms with Crippen LogP contribution in [-0.2, 0) is 0 Å². The van der Waals surface area contributed by atoms with Gasteiger partial charge >= 0.3 is 0 Å². The van der Waals surface area contributed by atoms with Gasteiger partial charge in [-0.1, -0.05) is 23.4 Å². The fourth-order valence-electron chi connectivity index (χ4n) is 1.94. The van der Waals surface area contributed by atoms with Crippen molar-refractivity contribution >= 4 is 29.1 Å². The molecule has 0 saturated heterocycles. The molecular weight excluding hydrogens is 306 g/mol. The molecular formula is C16H16ClNO2S. The second-order valence-corrected chi connectivity index (χ2v) is 6.09. The van der Waals surface area contributed by atoms with Crippen LogP contribution in [0, 0.1) is 13.8 Å². The first-order valence-corrected chi connectivity index (χ1v) is 7.81. The molecule has 0 N–H and O–H groups in total. The SMILES string of the molecule is COc1ccc(C(=O)CSc2cc(C)cc(C)n2)cc1Cl. The van der Waals surface area contributed by atoms with Gasteiger partial charge in [0.15, 0.2) is 5.78 Å². The number of Topliss-reactive ketones (excluding diaryl/α,β-unsaturated/α-hetero) is 1. The topological polar surface area (TPSA) is 39.2 Å². The first-order valence-electron chi connectivity index (χ1n) is 6.44. The highest BCUT2D eigenvalue weighted by Crippen LogP contribution is 2.26. The maximum Gasteiger partial charge on any atom is 0.173 e. The fourth-order valence-corrected chi connectivity index (χ4v) is 3.12. The summed E-state index contributed by atoms with van der Waals surface area (Å²) in [5, 5.41) is 1.30. The molecule has 0 saturated carbocycles. The first kappa shape index (κ1) is 15.9. The molecule has 0 aliphatic heterocycles. The van der Waals surface area contributed by atoms with E-state index < -0.39 is 0 Å². The molecule has 0 unspecified atom stereocenters. The Kier molecular flexibility index (Phi) is 5.26. The average Bonchev–Trinajstić information content (AvgIpc) is 2.43. The molecule has 0 bridgehead atoms. The van der Waals surface area contributed by atoms with E-state index in [1.54, 1.807) is 25.3 Å². The number of hydrogen-bond donors (Lipinski definition) is 0. The maximum absolute atomic E-state index is 12.2. The monoisotopic (exact) mass is 321 g/mol. The predicted octanol–water partition coefficient (Wildman–Crippen LogP) is 4.34. The highest BCUT2D eigenvalue weighted by molar-refractivity contribution is 7.99. The van der Waals surface area contributed by atoms with Crippen molar-refractivity contribution in [3.63, 3.8) is 0 Å². The largest absolute Gasteiger partial charge is 0.495 e. The summed E-state index contributed by atoms with van der Waals surface area (Å²) in [4.78, 5) is 16.6. The van der Waals surface area contributed by atoms with E-state index in [4.69, 9.17) is 16.3 Å². The standard InChI is InChI=1S/C16H16ClNO2S/c1-10-6-11(2)18-16(7-10)21-9-14(19)12-4-5-15(20-3)13(17)8-12/h4-8H,9H2,1-3H3. The molecule has 0 radical (unpaired) electrons. The van der Waals surface area contributed by atoms with Crippen molar-refractivity contribution in [3.8, 4) is 5.75 Å². The van der Waals surface area contributed by atoms with Crippen molar-refractivity contribution in [2.75, 3.05) is 12.9 Å². The number of benzene rings is 1. The van der Waals surface area contributed by atoms with Crippen molar-refractivity contribution in [1.82, 2.24) is 4.98 Å². The molecule has 1 aromatic carbocycles. The third-order valence-electron chi connectivity index (χ3n) is 2.90. The van der Waals surface area contributed by atoms with Crippen LogP contribution < -0.4 is 4.74 Å². The number of halogens is 1. The van der Waals surface area contributed by atoms with Gasteiger partial charge in [0.1, 0.15) is 5.75 Å². The van der Waals surface area contributed by atoms with E-state index in [0.29, 0.717) is 22.1 Å². The zero-order valence-corrected chi connectivity index (χ0v) is 13.7. The summed E-state index contributed by atoms with van der Waals surface area (Å²) >= 11 is 7.47. The number of thioether (sulfide) groups is 1. The summed E-state index contributed by atoms with van der Waals surface area (Å²) < 4.78 is 5.08. The normalized spacial score (nSPS) is 10.5. The number of ketones is 1. The molecule has 3 nitrogen and oxygen atoms in total. The Morgan fingerprint density at radius 1 is 1.29 bits per heavy atom. The Morgan fingerprint density at radius 3 is 2.67 bits per heavy atom. The van der Waals surface area contributed by atoms with Crippen LogP contribution in [0.25, 0.3) is 0 Å². The Bertz CT molecular complexity index is 653. The van der Waals surface area contributed by atoms with Crippen molar-refractivity contribution in [3.05, 3.63) is 52.2 Å². The van der Waals surface area contributed by atoms with Crippen LogP contribution in [-0.4, -0.2) is 23.6 Å². The molecule has 0 aliphatic rings. The fraction of sp³-hybridized carbons (Fsp3) is 0.250. The quantitative estimate of drug-likeness (QED) is 0.607. The molecule has 2 aromatic rings. The summed E-state index contributed by atoms with van der Waals surface area (Å²) in [5.74, 6) is 0.917. The van der Waals surface area contributed by atoms with Crippen LogP contribution in [0.4, 0.5) is 0 Å². The molecule has 0 aliphatic carbocycles. The lowest BCUT2D eigenvalue weighted by atomic mass is 10.1. The van der Waals surface area contributed by atoms with Gasteiger partial charge in [0, 0.05) is 11.3 Å². The van der Waals surface area contributed by atoms with Crippen LogP contribution >= 0.6 is 23.4 Å².